The molecule has 0 atom stereocenters. The topological polar surface area (TPSA) is 32.3 Å². The fourth-order valence-corrected chi connectivity index (χ4v) is 3.01. The van der Waals surface area contributed by atoms with Gasteiger partial charge in [-0.15, -0.1) is 11.3 Å². The number of likely N-dealkylation sites (N-methyl/N-ethyl adjacent to an activating group) is 1. The number of amides is 1. The molecule has 0 aliphatic carbocycles. The van der Waals surface area contributed by atoms with Crippen LogP contribution in [0.1, 0.15) is 27.7 Å². The Morgan fingerprint density at radius 3 is 2.71 bits per heavy atom. The van der Waals surface area contributed by atoms with Gasteiger partial charge in [-0.3, -0.25) is 4.79 Å². The van der Waals surface area contributed by atoms with Crippen LogP contribution in [0.15, 0.2) is 41.8 Å². The molecule has 21 heavy (non-hydrogen) atoms. The number of carbonyl (C=O) groups excluding carboxylic acids is 1. The van der Waals surface area contributed by atoms with Gasteiger partial charge in [-0.05, 0) is 50.0 Å². The van der Waals surface area contributed by atoms with E-state index in [-0.39, 0.29) is 5.91 Å². The zero-order valence-corrected chi connectivity index (χ0v) is 13.5. The minimum absolute atomic E-state index is 0.123. The maximum absolute atomic E-state index is 12.8. The van der Waals surface area contributed by atoms with Gasteiger partial charge >= 0.3 is 0 Å². The molecule has 0 spiro atoms. The van der Waals surface area contributed by atoms with E-state index in [0.29, 0.717) is 6.54 Å². The van der Waals surface area contributed by atoms with Gasteiger partial charge in [0.2, 0.25) is 0 Å². The van der Waals surface area contributed by atoms with E-state index < -0.39 is 0 Å². The van der Waals surface area contributed by atoms with Gasteiger partial charge in [0, 0.05) is 17.0 Å². The Morgan fingerprint density at radius 2 is 2.05 bits per heavy atom. The van der Waals surface area contributed by atoms with Crippen molar-refractivity contribution in [2.24, 2.45) is 0 Å². The lowest BCUT2D eigenvalue weighted by atomic mass is 10.0. The number of hydrogen-bond donors (Lipinski definition) is 1. The van der Waals surface area contributed by atoms with Crippen LogP contribution in [0, 0.1) is 0 Å². The molecule has 0 aliphatic rings. The summed E-state index contributed by atoms with van der Waals surface area (Å²) in [5.41, 5.74) is 1.94. The monoisotopic (exact) mass is 302 g/mol. The van der Waals surface area contributed by atoms with Crippen LogP contribution < -0.4 is 5.32 Å². The number of nitrogens with zero attached hydrogens (tertiary/aromatic N) is 1. The second kappa shape index (κ2) is 7.96. The van der Waals surface area contributed by atoms with Crippen molar-refractivity contribution < 1.29 is 4.79 Å². The van der Waals surface area contributed by atoms with Crippen molar-refractivity contribution in [3.63, 3.8) is 0 Å². The lowest BCUT2D eigenvalue weighted by molar-refractivity contribution is 0.0753. The van der Waals surface area contributed by atoms with E-state index in [1.165, 1.54) is 4.88 Å². The summed E-state index contributed by atoms with van der Waals surface area (Å²) < 4.78 is 0. The van der Waals surface area contributed by atoms with Gasteiger partial charge in [0.15, 0.2) is 0 Å². The van der Waals surface area contributed by atoms with Crippen LogP contribution in [-0.4, -0.2) is 30.9 Å². The number of thiophene rings is 1. The maximum atomic E-state index is 12.8. The summed E-state index contributed by atoms with van der Waals surface area (Å²) in [6.07, 6.45) is 0.870. The lowest BCUT2D eigenvalue weighted by Gasteiger charge is -2.21. The molecule has 0 saturated heterocycles. The van der Waals surface area contributed by atoms with Crippen molar-refractivity contribution in [2.45, 2.75) is 19.9 Å². The average Bonchev–Trinajstić information content (AvgIpc) is 3.03. The first kappa shape index (κ1) is 15.7. The highest BCUT2D eigenvalue weighted by molar-refractivity contribution is 7.09. The van der Waals surface area contributed by atoms with Gasteiger partial charge < -0.3 is 10.2 Å². The summed E-state index contributed by atoms with van der Waals surface area (Å²) in [5, 5.41) is 5.19. The quantitative estimate of drug-likeness (QED) is 0.852. The molecule has 1 amide bonds. The molecule has 4 heteroatoms. The van der Waals surface area contributed by atoms with E-state index in [0.717, 1.165) is 30.6 Å². The predicted octanol–water partition coefficient (Wildman–Crippen LogP) is 3.17. The molecule has 0 saturated carbocycles. The zero-order valence-electron chi connectivity index (χ0n) is 12.6. The highest BCUT2D eigenvalue weighted by atomic mass is 32.1. The molecule has 0 unspecified atom stereocenters. The predicted molar refractivity (Wildman–Crippen MR) is 88.8 cm³/mol. The lowest BCUT2D eigenvalue weighted by Crippen LogP contribution is -2.31. The second-order valence-electron chi connectivity index (χ2n) is 4.91. The fourth-order valence-electron chi connectivity index (χ4n) is 2.29. The maximum Gasteiger partial charge on any atom is 0.254 e. The summed E-state index contributed by atoms with van der Waals surface area (Å²) >= 11 is 1.69. The molecule has 1 N–H and O–H groups in total. The Kier molecular flexibility index (Phi) is 5.96. The van der Waals surface area contributed by atoms with Crippen LogP contribution in [0.25, 0.3) is 0 Å². The Balaban J connectivity index is 2.17. The van der Waals surface area contributed by atoms with Crippen LogP contribution in [0.2, 0.25) is 0 Å². The van der Waals surface area contributed by atoms with Gasteiger partial charge in [-0.2, -0.15) is 0 Å². The summed E-state index contributed by atoms with van der Waals surface area (Å²) in [7, 11) is 1.93. The molecule has 1 aromatic heterocycles. The smallest absolute Gasteiger partial charge is 0.254 e. The third-order valence-electron chi connectivity index (χ3n) is 3.49. The zero-order chi connectivity index (χ0) is 15.1. The molecular formula is C17H22N2OS. The van der Waals surface area contributed by atoms with E-state index in [1.807, 2.05) is 49.2 Å². The van der Waals surface area contributed by atoms with Gasteiger partial charge in [0.1, 0.15) is 0 Å². The highest BCUT2D eigenvalue weighted by Gasteiger charge is 2.17. The molecule has 2 aromatic rings. The summed E-state index contributed by atoms with van der Waals surface area (Å²) in [6, 6.07) is 12.0. The van der Waals surface area contributed by atoms with Crippen LogP contribution >= 0.6 is 11.3 Å². The van der Waals surface area contributed by atoms with Gasteiger partial charge in [0.05, 0.1) is 6.54 Å². The number of rotatable bonds is 7. The minimum atomic E-state index is 0.123. The fraction of sp³-hybridized carbons (Fsp3) is 0.353. The number of carbonyl (C=O) groups is 1. The minimum Gasteiger partial charge on any atom is -0.334 e. The van der Waals surface area contributed by atoms with Crippen molar-refractivity contribution in [1.29, 1.82) is 0 Å². The summed E-state index contributed by atoms with van der Waals surface area (Å²) in [4.78, 5) is 15.9. The van der Waals surface area contributed by atoms with Gasteiger partial charge in [-0.1, -0.05) is 24.3 Å². The first-order chi connectivity index (χ1) is 10.3. The molecule has 0 fully saturated rings. The third-order valence-corrected chi connectivity index (χ3v) is 4.35. The Morgan fingerprint density at radius 1 is 1.24 bits per heavy atom. The highest BCUT2D eigenvalue weighted by Crippen LogP contribution is 2.17. The van der Waals surface area contributed by atoms with E-state index >= 15 is 0 Å². The van der Waals surface area contributed by atoms with Crippen molar-refractivity contribution >= 4 is 17.2 Å². The summed E-state index contributed by atoms with van der Waals surface area (Å²) in [5.74, 6) is 0.123. The Labute approximate surface area is 130 Å². The van der Waals surface area contributed by atoms with Crippen molar-refractivity contribution in [3.8, 4) is 0 Å². The SMILES string of the molecule is CCN(Cc1cccs1)C(=O)c1ccccc1CCNC. The molecule has 0 bridgehead atoms. The van der Waals surface area contributed by atoms with E-state index in [9.17, 15) is 4.79 Å². The van der Waals surface area contributed by atoms with Crippen LogP contribution in [0.4, 0.5) is 0 Å². The van der Waals surface area contributed by atoms with E-state index in [2.05, 4.69) is 16.8 Å². The second-order valence-corrected chi connectivity index (χ2v) is 5.94. The molecule has 112 valence electrons. The molecule has 0 aliphatic heterocycles. The van der Waals surface area contributed by atoms with Crippen LogP contribution in [0.5, 0.6) is 0 Å². The number of benzene rings is 1. The molecule has 2 rings (SSSR count). The third kappa shape index (κ3) is 4.16. The molecule has 0 radical (unpaired) electrons. The first-order valence-corrected chi connectivity index (χ1v) is 8.18. The van der Waals surface area contributed by atoms with E-state index in [1.54, 1.807) is 11.3 Å². The largest absolute Gasteiger partial charge is 0.334 e. The molecule has 1 aromatic carbocycles. The standard InChI is InChI=1S/C17H22N2OS/c1-3-19(13-15-8-6-12-21-15)17(20)16-9-5-4-7-14(16)10-11-18-2/h4-9,12,18H,3,10-11,13H2,1-2H3. The van der Waals surface area contributed by atoms with Gasteiger partial charge in [0.25, 0.3) is 5.91 Å². The Bertz CT molecular complexity index is 566. The molecule has 1 heterocycles. The normalized spacial score (nSPS) is 10.6. The van der Waals surface area contributed by atoms with E-state index in [4.69, 9.17) is 0 Å². The number of hydrogen-bond acceptors (Lipinski definition) is 3. The van der Waals surface area contributed by atoms with Crippen molar-refractivity contribution in [3.05, 3.63) is 57.8 Å². The Hall–Kier alpha value is -1.65. The molecular weight excluding hydrogens is 280 g/mol. The van der Waals surface area contributed by atoms with Crippen LogP contribution in [0.3, 0.4) is 0 Å². The number of nitrogens with one attached hydrogen (secondary N) is 1. The first-order valence-electron chi connectivity index (χ1n) is 7.30. The summed E-state index contributed by atoms with van der Waals surface area (Å²) in [6.45, 7) is 4.31. The average molecular weight is 302 g/mol. The van der Waals surface area contributed by atoms with Crippen molar-refractivity contribution in [1.82, 2.24) is 10.2 Å². The molecule has 3 nitrogen and oxygen atoms in total. The van der Waals surface area contributed by atoms with Crippen molar-refractivity contribution in [2.75, 3.05) is 20.1 Å². The van der Waals surface area contributed by atoms with Gasteiger partial charge in [-0.25, -0.2) is 0 Å². The van der Waals surface area contributed by atoms with Crippen LogP contribution in [-0.2, 0) is 13.0 Å².